The van der Waals surface area contributed by atoms with Crippen molar-refractivity contribution in [2.75, 3.05) is 25.6 Å². The van der Waals surface area contributed by atoms with Gasteiger partial charge in [0.2, 0.25) is 0 Å². The second-order valence-corrected chi connectivity index (χ2v) is 5.82. The van der Waals surface area contributed by atoms with Crippen molar-refractivity contribution in [3.63, 3.8) is 0 Å². The Hall–Kier alpha value is -3.29. The quantitative estimate of drug-likeness (QED) is 0.306. The Kier molecular flexibility index (Phi) is 7.62. The molecule has 0 aliphatic carbocycles. The first-order chi connectivity index (χ1) is 13.5. The van der Waals surface area contributed by atoms with Crippen LogP contribution in [0.1, 0.15) is 25.1 Å². The molecule has 0 spiro atoms. The van der Waals surface area contributed by atoms with Crippen LogP contribution in [0.25, 0.3) is 0 Å². The van der Waals surface area contributed by atoms with Gasteiger partial charge in [0, 0.05) is 12.3 Å². The maximum atomic E-state index is 12.1. The van der Waals surface area contributed by atoms with Crippen LogP contribution < -0.4 is 10.1 Å². The first-order valence-electron chi connectivity index (χ1n) is 8.96. The summed E-state index contributed by atoms with van der Waals surface area (Å²) in [5.41, 5.74) is 1.60. The highest BCUT2D eigenvalue weighted by Gasteiger charge is 2.21. The molecule has 0 saturated carbocycles. The number of nitrogens with zero attached hydrogens (tertiary/aromatic N) is 2. The maximum absolute atomic E-state index is 12.1. The lowest BCUT2D eigenvalue weighted by Crippen LogP contribution is -2.20. The van der Waals surface area contributed by atoms with E-state index in [2.05, 4.69) is 10.4 Å². The van der Waals surface area contributed by atoms with E-state index in [0.717, 1.165) is 17.0 Å². The van der Waals surface area contributed by atoms with Gasteiger partial charge in [-0.25, -0.2) is 14.3 Å². The fraction of sp³-hybridized carbons (Fsp3) is 0.350. The number of carbonyl (C=O) groups excluding carboxylic acids is 2. The summed E-state index contributed by atoms with van der Waals surface area (Å²) < 4.78 is 16.8. The molecule has 2 aromatic rings. The molecule has 0 fully saturated rings. The largest absolute Gasteiger partial charge is 0.497 e. The molecular formula is C20H25N3O5. The predicted octanol–water partition coefficient (Wildman–Crippen LogP) is 2.67. The number of anilines is 1. The normalized spacial score (nSPS) is 10.1. The first kappa shape index (κ1) is 21.0. The van der Waals surface area contributed by atoms with Crippen LogP contribution >= 0.6 is 0 Å². The average molecular weight is 387 g/mol. The molecule has 1 N–H and O–H groups in total. The van der Waals surface area contributed by atoms with E-state index in [1.807, 2.05) is 37.3 Å². The fourth-order valence-corrected chi connectivity index (χ4v) is 2.45. The molecule has 150 valence electrons. The van der Waals surface area contributed by atoms with E-state index in [1.54, 1.807) is 25.6 Å². The molecule has 0 saturated heterocycles. The highest BCUT2D eigenvalue weighted by Crippen LogP contribution is 2.16. The summed E-state index contributed by atoms with van der Waals surface area (Å²) in [6.07, 6.45) is 1.29. The van der Waals surface area contributed by atoms with E-state index < -0.39 is 11.9 Å². The third-order valence-corrected chi connectivity index (χ3v) is 3.75. The minimum Gasteiger partial charge on any atom is -0.497 e. The second kappa shape index (κ2) is 10.1. The number of carbonyl (C=O) groups is 2. The number of esters is 2. The van der Waals surface area contributed by atoms with Crippen LogP contribution in [0.4, 0.5) is 5.82 Å². The van der Waals surface area contributed by atoms with Crippen molar-refractivity contribution in [2.45, 2.75) is 27.3 Å². The number of aryl methyl sites for hydroxylation is 1. The van der Waals surface area contributed by atoms with Crippen LogP contribution in [-0.4, -0.2) is 42.0 Å². The number of aromatic nitrogens is 2. The number of hydrogen-bond donors (Lipinski definition) is 1. The van der Waals surface area contributed by atoms with E-state index in [0.29, 0.717) is 12.4 Å². The lowest BCUT2D eigenvalue weighted by Gasteiger charge is -2.10. The molecular weight excluding hydrogens is 362 g/mol. The standard InChI is InChI=1S/C20H25N3O5/c1-5-27-19(24)17(20(25)28-6-2)12-21-18-11-14(3)22-23(18)13-15-7-9-16(26-4)10-8-15/h7-12,21H,5-6,13H2,1-4H3. The molecule has 0 amide bonds. The van der Waals surface area contributed by atoms with Crippen LogP contribution in [0.5, 0.6) is 5.75 Å². The SMILES string of the molecule is CCOC(=O)C(=CNc1cc(C)nn1Cc1ccc(OC)cc1)C(=O)OCC. The Labute approximate surface area is 164 Å². The minimum absolute atomic E-state index is 0.157. The van der Waals surface area contributed by atoms with Crippen LogP contribution in [0.2, 0.25) is 0 Å². The Morgan fingerprint density at radius 2 is 1.71 bits per heavy atom. The van der Waals surface area contributed by atoms with Gasteiger partial charge in [0.15, 0.2) is 5.57 Å². The molecule has 28 heavy (non-hydrogen) atoms. The lowest BCUT2D eigenvalue weighted by molar-refractivity contribution is -0.146. The van der Waals surface area contributed by atoms with Crippen molar-refractivity contribution in [2.24, 2.45) is 0 Å². The van der Waals surface area contributed by atoms with Crippen molar-refractivity contribution in [3.05, 3.63) is 53.4 Å². The molecule has 2 rings (SSSR count). The number of benzene rings is 1. The average Bonchev–Trinajstić information content (AvgIpc) is 3.02. The van der Waals surface area contributed by atoms with Crippen LogP contribution in [0.15, 0.2) is 42.1 Å². The summed E-state index contributed by atoms with van der Waals surface area (Å²) >= 11 is 0. The van der Waals surface area contributed by atoms with Crippen molar-refractivity contribution < 1.29 is 23.8 Å². The molecule has 0 radical (unpaired) electrons. The van der Waals surface area contributed by atoms with Crippen LogP contribution in [0, 0.1) is 6.92 Å². The van der Waals surface area contributed by atoms with E-state index in [9.17, 15) is 9.59 Å². The molecule has 8 nitrogen and oxygen atoms in total. The van der Waals surface area contributed by atoms with Crippen LogP contribution in [-0.2, 0) is 25.6 Å². The Balaban J connectivity index is 2.22. The first-order valence-corrected chi connectivity index (χ1v) is 8.96. The summed E-state index contributed by atoms with van der Waals surface area (Å²) in [5, 5.41) is 7.42. The zero-order chi connectivity index (χ0) is 20.5. The summed E-state index contributed by atoms with van der Waals surface area (Å²) in [6.45, 7) is 6.01. The van der Waals surface area contributed by atoms with Crippen molar-refractivity contribution in [3.8, 4) is 5.75 Å². The van der Waals surface area contributed by atoms with Gasteiger partial charge in [0.1, 0.15) is 11.6 Å². The summed E-state index contributed by atoms with van der Waals surface area (Å²) in [6, 6.07) is 9.45. The minimum atomic E-state index is -0.744. The topological polar surface area (TPSA) is 91.7 Å². The van der Waals surface area contributed by atoms with E-state index >= 15 is 0 Å². The number of rotatable bonds is 9. The number of hydrogen-bond acceptors (Lipinski definition) is 7. The summed E-state index contributed by atoms with van der Waals surface area (Å²) in [5.74, 6) is -0.0904. The molecule has 0 atom stereocenters. The Morgan fingerprint density at radius 1 is 1.11 bits per heavy atom. The smallest absolute Gasteiger partial charge is 0.347 e. The van der Waals surface area contributed by atoms with E-state index in [-0.39, 0.29) is 18.8 Å². The molecule has 0 aliphatic heterocycles. The number of ether oxygens (including phenoxy) is 3. The molecule has 0 bridgehead atoms. The Bertz CT molecular complexity index is 820. The van der Waals surface area contributed by atoms with Gasteiger partial charge in [-0.3, -0.25) is 0 Å². The summed E-state index contributed by atoms with van der Waals surface area (Å²) in [7, 11) is 1.62. The van der Waals surface area contributed by atoms with Crippen LogP contribution in [0.3, 0.4) is 0 Å². The molecule has 1 aromatic heterocycles. The van der Waals surface area contributed by atoms with E-state index in [1.165, 1.54) is 6.20 Å². The molecule has 1 aromatic carbocycles. The molecule has 0 unspecified atom stereocenters. The third-order valence-electron chi connectivity index (χ3n) is 3.75. The fourth-order valence-electron chi connectivity index (χ4n) is 2.45. The van der Waals surface area contributed by atoms with Gasteiger partial charge in [-0.1, -0.05) is 12.1 Å². The monoisotopic (exact) mass is 387 g/mol. The van der Waals surface area contributed by atoms with Gasteiger partial charge in [0.25, 0.3) is 0 Å². The lowest BCUT2D eigenvalue weighted by atomic mass is 10.2. The predicted molar refractivity (Wildman–Crippen MR) is 104 cm³/mol. The molecule has 1 heterocycles. The maximum Gasteiger partial charge on any atom is 0.347 e. The van der Waals surface area contributed by atoms with Gasteiger partial charge < -0.3 is 19.5 Å². The summed E-state index contributed by atoms with van der Waals surface area (Å²) in [4.78, 5) is 24.1. The molecule has 8 heteroatoms. The zero-order valence-corrected chi connectivity index (χ0v) is 16.5. The van der Waals surface area contributed by atoms with Gasteiger partial charge >= 0.3 is 11.9 Å². The Morgan fingerprint density at radius 3 is 2.25 bits per heavy atom. The van der Waals surface area contributed by atoms with Crippen molar-refractivity contribution >= 4 is 17.8 Å². The van der Waals surface area contributed by atoms with Crippen molar-refractivity contribution in [1.82, 2.24) is 9.78 Å². The van der Waals surface area contributed by atoms with Gasteiger partial charge in [-0.2, -0.15) is 5.10 Å². The molecule has 0 aliphatic rings. The van der Waals surface area contributed by atoms with Gasteiger partial charge in [-0.05, 0) is 38.5 Å². The highest BCUT2D eigenvalue weighted by atomic mass is 16.6. The van der Waals surface area contributed by atoms with Crippen molar-refractivity contribution in [1.29, 1.82) is 0 Å². The number of methoxy groups -OCH3 is 1. The van der Waals surface area contributed by atoms with Gasteiger partial charge in [0.05, 0.1) is 32.6 Å². The third kappa shape index (κ3) is 5.60. The second-order valence-electron chi connectivity index (χ2n) is 5.82. The van der Waals surface area contributed by atoms with Gasteiger partial charge in [-0.15, -0.1) is 0 Å². The zero-order valence-electron chi connectivity index (χ0n) is 16.5. The van der Waals surface area contributed by atoms with E-state index in [4.69, 9.17) is 14.2 Å². The highest BCUT2D eigenvalue weighted by molar-refractivity contribution is 6.14. The number of nitrogens with one attached hydrogen (secondary N) is 1.